The number of aliphatic hydroxyl groups excluding tert-OH is 1. The van der Waals surface area contributed by atoms with Gasteiger partial charge in [-0.05, 0) is 67.1 Å². The lowest BCUT2D eigenvalue weighted by atomic mass is 9.98. The quantitative estimate of drug-likeness (QED) is 0.170. The van der Waals surface area contributed by atoms with E-state index in [9.17, 15) is 27.9 Å². The first-order valence-corrected chi connectivity index (χ1v) is 16.5. The average molecular weight is 690 g/mol. The Morgan fingerprint density at radius 1 is 0.980 bits per heavy atom. The molecular weight excluding hydrogens is 647 g/mol. The van der Waals surface area contributed by atoms with Crippen molar-refractivity contribution in [3.63, 3.8) is 0 Å². The van der Waals surface area contributed by atoms with E-state index in [4.69, 9.17) is 9.47 Å². The normalized spacial score (nSPS) is 17.0. The summed E-state index contributed by atoms with van der Waals surface area (Å²) in [5, 5.41) is 12.8. The fourth-order valence-corrected chi connectivity index (χ4v) is 5.87. The number of para-hydroxylation sites is 1. The second kappa shape index (κ2) is 16.2. The van der Waals surface area contributed by atoms with Gasteiger partial charge in [-0.2, -0.15) is 13.2 Å². The van der Waals surface area contributed by atoms with Crippen LogP contribution in [0.1, 0.15) is 46.5 Å². The number of aliphatic hydroxyl groups is 1. The Kier molecular flexibility index (Phi) is 11.8. The van der Waals surface area contributed by atoms with Gasteiger partial charge in [-0.3, -0.25) is 14.5 Å². The van der Waals surface area contributed by atoms with Crippen LogP contribution in [0.15, 0.2) is 97.1 Å². The molecule has 264 valence electrons. The highest BCUT2D eigenvalue weighted by Gasteiger charge is 2.35. The zero-order valence-corrected chi connectivity index (χ0v) is 28.3. The standard InChI is InChI=1S/C39H42F3N3O5/c1-26-21-45(27(2)24-46)38(48)33-10-7-11-34(43-36(47)20-28-12-16-31(17-13-28)39(40,41)42)37(33)50-35(26)23-44(3)22-29-14-18-32(19-15-29)49-25-30-8-5-4-6-9-30/h4-19,26-27,35,46H,20-25H2,1-3H3,(H,43,47)/t26-,27+,35-/m1/s1. The molecule has 0 fully saturated rings. The van der Waals surface area contributed by atoms with Gasteiger partial charge < -0.3 is 24.8 Å². The number of ether oxygens (including phenoxy) is 2. The van der Waals surface area contributed by atoms with E-state index < -0.39 is 29.8 Å². The van der Waals surface area contributed by atoms with Gasteiger partial charge in [-0.15, -0.1) is 0 Å². The molecule has 0 bridgehead atoms. The van der Waals surface area contributed by atoms with Crippen LogP contribution >= 0.6 is 0 Å². The number of hydrogen-bond donors (Lipinski definition) is 2. The third-order valence-corrected chi connectivity index (χ3v) is 8.73. The molecule has 0 spiro atoms. The Morgan fingerprint density at radius 2 is 1.66 bits per heavy atom. The number of likely N-dealkylation sites (N-methyl/N-ethyl adjacent to an activating group) is 1. The highest BCUT2D eigenvalue weighted by atomic mass is 19.4. The van der Waals surface area contributed by atoms with Crippen LogP contribution in [0, 0.1) is 5.92 Å². The number of anilines is 1. The molecule has 0 saturated heterocycles. The van der Waals surface area contributed by atoms with Gasteiger partial charge >= 0.3 is 6.18 Å². The molecule has 3 atom stereocenters. The van der Waals surface area contributed by atoms with E-state index in [1.165, 1.54) is 12.1 Å². The second-order valence-corrected chi connectivity index (χ2v) is 12.8. The highest BCUT2D eigenvalue weighted by Crippen LogP contribution is 2.35. The van der Waals surface area contributed by atoms with Crippen LogP contribution in [0.3, 0.4) is 0 Å². The predicted molar refractivity (Wildman–Crippen MR) is 185 cm³/mol. The number of nitrogens with one attached hydrogen (secondary N) is 1. The number of benzene rings is 4. The van der Waals surface area contributed by atoms with E-state index in [0.29, 0.717) is 31.8 Å². The Morgan fingerprint density at radius 3 is 2.32 bits per heavy atom. The third-order valence-electron chi connectivity index (χ3n) is 8.73. The molecule has 0 unspecified atom stereocenters. The number of rotatable bonds is 12. The van der Waals surface area contributed by atoms with Gasteiger partial charge in [-0.25, -0.2) is 0 Å². The van der Waals surface area contributed by atoms with E-state index >= 15 is 0 Å². The van der Waals surface area contributed by atoms with Crippen molar-refractivity contribution in [2.24, 2.45) is 5.92 Å². The molecule has 0 radical (unpaired) electrons. The molecule has 11 heteroatoms. The van der Waals surface area contributed by atoms with Crippen molar-refractivity contribution < 1.29 is 37.3 Å². The number of halogens is 3. The monoisotopic (exact) mass is 689 g/mol. The maximum atomic E-state index is 13.8. The van der Waals surface area contributed by atoms with Crippen molar-refractivity contribution in [1.29, 1.82) is 0 Å². The maximum Gasteiger partial charge on any atom is 0.416 e. The maximum absolute atomic E-state index is 13.8. The SMILES string of the molecule is C[C@@H]1CN([C@@H](C)CO)C(=O)c2cccc(NC(=O)Cc3ccc(C(F)(F)F)cc3)c2O[C@@H]1CN(C)Cc1ccc(OCc2ccccc2)cc1. The van der Waals surface area contributed by atoms with Crippen LogP contribution in [-0.2, 0) is 30.5 Å². The Hall–Kier alpha value is -4.87. The molecule has 0 aromatic heterocycles. The second-order valence-electron chi connectivity index (χ2n) is 12.8. The lowest BCUT2D eigenvalue weighted by molar-refractivity contribution is -0.137. The number of alkyl halides is 3. The summed E-state index contributed by atoms with van der Waals surface area (Å²) in [6.07, 6.45) is -5.07. The molecule has 1 aliphatic rings. The summed E-state index contributed by atoms with van der Waals surface area (Å²) in [5.41, 5.74) is 2.27. The summed E-state index contributed by atoms with van der Waals surface area (Å²) in [4.78, 5) is 30.7. The largest absolute Gasteiger partial charge is 0.489 e. The van der Waals surface area contributed by atoms with Gasteiger partial charge in [0.25, 0.3) is 5.91 Å². The van der Waals surface area contributed by atoms with Crippen molar-refractivity contribution in [2.75, 3.05) is 32.1 Å². The number of carbonyl (C=O) groups is 2. The molecule has 50 heavy (non-hydrogen) atoms. The topological polar surface area (TPSA) is 91.3 Å². The lowest BCUT2D eigenvalue weighted by Crippen LogP contribution is -2.49. The molecule has 2 amide bonds. The average Bonchev–Trinajstić information content (AvgIpc) is 3.09. The Bertz CT molecular complexity index is 1730. The van der Waals surface area contributed by atoms with Gasteiger partial charge in [0.15, 0.2) is 5.75 Å². The van der Waals surface area contributed by atoms with Gasteiger partial charge in [0.2, 0.25) is 5.91 Å². The summed E-state index contributed by atoms with van der Waals surface area (Å²) in [5.74, 6) is -0.000585. The first-order valence-electron chi connectivity index (χ1n) is 16.5. The van der Waals surface area contributed by atoms with Gasteiger partial charge in [-0.1, -0.05) is 67.6 Å². The van der Waals surface area contributed by atoms with E-state index in [-0.39, 0.29) is 41.9 Å². The van der Waals surface area contributed by atoms with Crippen molar-refractivity contribution in [3.8, 4) is 11.5 Å². The number of fused-ring (bicyclic) bond motifs is 1. The van der Waals surface area contributed by atoms with Gasteiger partial charge in [0, 0.05) is 25.6 Å². The van der Waals surface area contributed by atoms with Crippen LogP contribution in [-0.4, -0.2) is 65.6 Å². The molecule has 0 aliphatic carbocycles. The molecule has 1 aliphatic heterocycles. The van der Waals surface area contributed by atoms with Crippen LogP contribution in [0.25, 0.3) is 0 Å². The fourth-order valence-electron chi connectivity index (χ4n) is 5.87. The van der Waals surface area contributed by atoms with Crippen LogP contribution < -0.4 is 14.8 Å². The van der Waals surface area contributed by atoms with Gasteiger partial charge in [0.1, 0.15) is 18.5 Å². The molecule has 4 aromatic carbocycles. The molecule has 5 rings (SSSR count). The summed E-state index contributed by atoms with van der Waals surface area (Å²) in [7, 11) is 1.98. The minimum Gasteiger partial charge on any atom is -0.489 e. The minimum atomic E-state index is -4.48. The Labute approximate surface area is 290 Å². The predicted octanol–water partition coefficient (Wildman–Crippen LogP) is 6.82. The number of nitrogens with zero attached hydrogens (tertiary/aromatic N) is 2. The number of hydrogen-bond acceptors (Lipinski definition) is 6. The molecule has 0 saturated carbocycles. The first-order chi connectivity index (χ1) is 23.9. The van der Waals surface area contributed by atoms with Crippen molar-refractivity contribution in [3.05, 3.63) is 125 Å². The van der Waals surface area contributed by atoms with Crippen LogP contribution in [0.2, 0.25) is 0 Å². The molecule has 2 N–H and O–H groups in total. The fraction of sp³-hybridized carbons (Fsp3) is 0.333. The summed E-state index contributed by atoms with van der Waals surface area (Å²) in [6.45, 7) is 5.44. The smallest absolute Gasteiger partial charge is 0.416 e. The number of carbonyl (C=O) groups excluding carboxylic acids is 2. The third kappa shape index (κ3) is 9.42. The van der Waals surface area contributed by atoms with Crippen molar-refractivity contribution in [1.82, 2.24) is 9.80 Å². The van der Waals surface area contributed by atoms with Crippen molar-refractivity contribution >= 4 is 17.5 Å². The first kappa shape index (κ1) is 36.4. The zero-order valence-electron chi connectivity index (χ0n) is 28.3. The number of amides is 2. The van der Waals surface area contributed by atoms with Crippen LogP contribution in [0.5, 0.6) is 11.5 Å². The van der Waals surface area contributed by atoms with E-state index in [2.05, 4.69) is 10.2 Å². The highest BCUT2D eigenvalue weighted by molar-refractivity contribution is 6.02. The lowest BCUT2D eigenvalue weighted by Gasteiger charge is -2.38. The molecule has 8 nitrogen and oxygen atoms in total. The molecule has 1 heterocycles. The summed E-state index contributed by atoms with van der Waals surface area (Å²) in [6, 6.07) is 26.7. The van der Waals surface area contributed by atoms with E-state index in [1.54, 1.807) is 30.0 Å². The van der Waals surface area contributed by atoms with Gasteiger partial charge in [0.05, 0.1) is 35.9 Å². The van der Waals surface area contributed by atoms with Crippen LogP contribution in [0.4, 0.5) is 18.9 Å². The Balaban J connectivity index is 1.31. The zero-order chi connectivity index (χ0) is 35.8. The minimum absolute atomic E-state index is 0.159. The summed E-state index contributed by atoms with van der Waals surface area (Å²) < 4.78 is 51.6. The van der Waals surface area contributed by atoms with E-state index in [1.807, 2.05) is 68.6 Å². The molecule has 4 aromatic rings. The van der Waals surface area contributed by atoms with E-state index in [0.717, 1.165) is 29.0 Å². The van der Waals surface area contributed by atoms with Crippen molar-refractivity contribution in [2.45, 2.75) is 51.7 Å². The summed E-state index contributed by atoms with van der Waals surface area (Å²) >= 11 is 0. The molecular formula is C39H42F3N3O5.